The molecule has 8 heteroatoms. The lowest BCUT2D eigenvalue weighted by Crippen LogP contribution is -2.68. The van der Waals surface area contributed by atoms with Gasteiger partial charge in [-0.3, -0.25) is 9.59 Å². The molecule has 0 radical (unpaired) electrons. The second-order valence-electron chi connectivity index (χ2n) is 6.59. The highest BCUT2D eigenvalue weighted by Crippen LogP contribution is 2.32. The fraction of sp³-hybridized carbons (Fsp3) is 0.263. The smallest absolute Gasteiger partial charge is 0.264 e. The molecule has 1 N–H and O–H groups in total. The predicted molar refractivity (Wildman–Crippen MR) is 102 cm³/mol. The molecular weight excluding hydrogens is 388 g/mol. The second-order valence-corrected chi connectivity index (χ2v) is 8.67. The van der Waals surface area contributed by atoms with E-state index in [0.29, 0.717) is 23.6 Å². The molecule has 2 aromatic carbocycles. The molecule has 0 aliphatic carbocycles. The minimum absolute atomic E-state index is 0.00443. The number of hydrogen-bond acceptors (Lipinski definition) is 4. The quantitative estimate of drug-likeness (QED) is 0.826. The van der Waals surface area contributed by atoms with Crippen molar-refractivity contribution in [3.05, 3.63) is 65.2 Å². The first-order valence-electron chi connectivity index (χ1n) is 8.40. The summed E-state index contributed by atoms with van der Waals surface area (Å²) in [7, 11) is -3.99. The largest absolute Gasteiger partial charge is 0.328 e. The van der Waals surface area contributed by atoms with Crippen LogP contribution < -0.4 is 4.72 Å². The van der Waals surface area contributed by atoms with E-state index >= 15 is 0 Å². The predicted octanol–water partition coefficient (Wildman–Crippen LogP) is 2.38. The van der Waals surface area contributed by atoms with Crippen LogP contribution in [0.2, 0.25) is 5.02 Å². The van der Waals surface area contributed by atoms with Crippen molar-refractivity contribution >= 4 is 33.4 Å². The van der Waals surface area contributed by atoms with Crippen molar-refractivity contribution in [2.45, 2.75) is 30.2 Å². The van der Waals surface area contributed by atoms with Gasteiger partial charge >= 0.3 is 0 Å². The Morgan fingerprint density at radius 2 is 1.74 bits per heavy atom. The van der Waals surface area contributed by atoms with Crippen LogP contribution in [0.5, 0.6) is 0 Å². The summed E-state index contributed by atoms with van der Waals surface area (Å²) in [5.41, 5.74) is -0.545. The minimum atomic E-state index is -3.99. The SMILES string of the molecule is CC1(C(=O)NS(=O)(=O)c2ccccc2)CCN1C(=O)Cc1ccccc1Cl. The third-order valence-corrected chi connectivity index (χ3v) is 6.50. The number of nitrogens with one attached hydrogen (secondary N) is 1. The van der Waals surface area contributed by atoms with Crippen molar-refractivity contribution in [3.63, 3.8) is 0 Å². The highest BCUT2D eigenvalue weighted by Gasteiger charge is 2.50. The Morgan fingerprint density at radius 3 is 2.33 bits per heavy atom. The number of benzene rings is 2. The summed E-state index contributed by atoms with van der Waals surface area (Å²) < 4.78 is 26.9. The zero-order chi connectivity index (χ0) is 19.7. The maximum Gasteiger partial charge on any atom is 0.264 e. The summed E-state index contributed by atoms with van der Waals surface area (Å²) in [6, 6.07) is 14.6. The summed E-state index contributed by atoms with van der Waals surface area (Å²) in [4.78, 5) is 26.7. The van der Waals surface area contributed by atoms with E-state index in [1.54, 1.807) is 49.4 Å². The Bertz CT molecular complexity index is 978. The van der Waals surface area contributed by atoms with Gasteiger partial charge in [0, 0.05) is 11.6 Å². The van der Waals surface area contributed by atoms with Crippen LogP contribution in [-0.2, 0) is 26.0 Å². The van der Waals surface area contributed by atoms with Gasteiger partial charge in [-0.2, -0.15) is 0 Å². The Kier molecular flexibility index (Phi) is 5.26. The molecule has 1 fully saturated rings. The van der Waals surface area contributed by atoms with Crippen LogP contribution in [0.25, 0.3) is 0 Å². The molecule has 1 aliphatic heterocycles. The third kappa shape index (κ3) is 3.84. The third-order valence-electron chi connectivity index (χ3n) is 4.79. The maximum atomic E-state index is 12.7. The van der Waals surface area contributed by atoms with E-state index in [0.717, 1.165) is 0 Å². The van der Waals surface area contributed by atoms with Crippen molar-refractivity contribution in [1.82, 2.24) is 9.62 Å². The van der Waals surface area contributed by atoms with Gasteiger partial charge < -0.3 is 4.90 Å². The van der Waals surface area contributed by atoms with Crippen LogP contribution >= 0.6 is 11.6 Å². The Morgan fingerprint density at radius 1 is 1.11 bits per heavy atom. The molecule has 142 valence electrons. The van der Waals surface area contributed by atoms with Crippen LogP contribution in [0.15, 0.2) is 59.5 Å². The van der Waals surface area contributed by atoms with Crippen LogP contribution in [0.3, 0.4) is 0 Å². The first-order chi connectivity index (χ1) is 12.7. The Hall–Kier alpha value is -2.38. The van der Waals surface area contributed by atoms with Crippen LogP contribution in [0.4, 0.5) is 0 Å². The van der Waals surface area contributed by atoms with Crippen LogP contribution in [0.1, 0.15) is 18.9 Å². The lowest BCUT2D eigenvalue weighted by molar-refractivity contribution is -0.156. The molecule has 0 bridgehead atoms. The Balaban J connectivity index is 1.73. The molecule has 1 unspecified atom stereocenters. The summed E-state index contributed by atoms with van der Waals surface area (Å²) in [5, 5.41) is 0.476. The van der Waals surface area contributed by atoms with Gasteiger partial charge in [-0.1, -0.05) is 48.0 Å². The van der Waals surface area contributed by atoms with E-state index in [1.165, 1.54) is 17.0 Å². The zero-order valence-corrected chi connectivity index (χ0v) is 16.3. The van der Waals surface area contributed by atoms with Crippen molar-refractivity contribution in [2.24, 2.45) is 0 Å². The average molecular weight is 407 g/mol. The summed E-state index contributed by atoms with van der Waals surface area (Å²) in [5.74, 6) is -0.991. The molecule has 2 aromatic rings. The van der Waals surface area contributed by atoms with Gasteiger partial charge in [-0.15, -0.1) is 0 Å². The lowest BCUT2D eigenvalue weighted by atomic mass is 9.85. The topological polar surface area (TPSA) is 83.6 Å². The van der Waals surface area contributed by atoms with E-state index < -0.39 is 21.5 Å². The van der Waals surface area contributed by atoms with Crippen LogP contribution in [-0.4, -0.2) is 37.2 Å². The molecule has 0 spiro atoms. The number of likely N-dealkylation sites (tertiary alicyclic amines) is 1. The van der Waals surface area contributed by atoms with E-state index in [-0.39, 0.29) is 17.2 Å². The van der Waals surface area contributed by atoms with Crippen molar-refractivity contribution < 1.29 is 18.0 Å². The number of hydrogen-bond donors (Lipinski definition) is 1. The normalized spacial score (nSPS) is 19.3. The molecule has 6 nitrogen and oxygen atoms in total. The number of amides is 2. The standard InChI is InChI=1S/C19H19ClN2O4S/c1-19(18(24)21-27(25,26)15-8-3-2-4-9-15)11-12-22(19)17(23)13-14-7-5-6-10-16(14)20/h2-10H,11-13H2,1H3,(H,21,24). The van der Waals surface area contributed by atoms with E-state index in [9.17, 15) is 18.0 Å². The first kappa shape index (κ1) is 19.4. The molecule has 1 heterocycles. The summed E-state index contributed by atoms with van der Waals surface area (Å²) in [6.07, 6.45) is 0.436. The Labute approximate surface area is 163 Å². The molecule has 0 saturated carbocycles. The van der Waals surface area contributed by atoms with Gasteiger partial charge in [0.25, 0.3) is 15.9 Å². The van der Waals surface area contributed by atoms with Crippen molar-refractivity contribution in [3.8, 4) is 0 Å². The summed E-state index contributed by atoms with van der Waals surface area (Å²) >= 11 is 6.09. The van der Waals surface area contributed by atoms with Gasteiger partial charge in [0.1, 0.15) is 5.54 Å². The monoisotopic (exact) mass is 406 g/mol. The fourth-order valence-corrected chi connectivity index (χ4v) is 4.29. The van der Waals surface area contributed by atoms with Crippen molar-refractivity contribution in [1.29, 1.82) is 0 Å². The first-order valence-corrected chi connectivity index (χ1v) is 10.3. The second kappa shape index (κ2) is 7.32. The van der Waals surface area contributed by atoms with Gasteiger partial charge in [-0.25, -0.2) is 13.1 Å². The zero-order valence-electron chi connectivity index (χ0n) is 14.7. The fourth-order valence-electron chi connectivity index (χ4n) is 2.99. The van der Waals surface area contributed by atoms with Gasteiger partial charge in [0.05, 0.1) is 11.3 Å². The lowest BCUT2D eigenvalue weighted by Gasteiger charge is -2.49. The van der Waals surface area contributed by atoms with Gasteiger partial charge in [0.2, 0.25) is 5.91 Å². The highest BCUT2D eigenvalue weighted by atomic mass is 35.5. The van der Waals surface area contributed by atoms with E-state index in [4.69, 9.17) is 11.6 Å². The number of nitrogens with zero attached hydrogens (tertiary/aromatic N) is 1. The summed E-state index contributed by atoms with van der Waals surface area (Å²) in [6.45, 7) is 1.95. The molecule has 1 aliphatic rings. The van der Waals surface area contributed by atoms with Crippen molar-refractivity contribution in [2.75, 3.05) is 6.54 Å². The number of halogens is 1. The van der Waals surface area contributed by atoms with E-state index in [2.05, 4.69) is 4.72 Å². The highest BCUT2D eigenvalue weighted by molar-refractivity contribution is 7.90. The maximum absolute atomic E-state index is 12.7. The number of sulfonamides is 1. The number of carbonyl (C=O) groups is 2. The average Bonchev–Trinajstić information content (AvgIpc) is 2.62. The molecule has 1 atom stereocenters. The van der Waals surface area contributed by atoms with Gasteiger partial charge in [-0.05, 0) is 37.1 Å². The van der Waals surface area contributed by atoms with Gasteiger partial charge in [0.15, 0.2) is 0 Å². The molecule has 3 rings (SSSR count). The number of rotatable bonds is 5. The number of carbonyl (C=O) groups excluding carboxylic acids is 2. The molecule has 2 amide bonds. The molecule has 0 aromatic heterocycles. The van der Waals surface area contributed by atoms with E-state index in [1.807, 2.05) is 0 Å². The molecule has 27 heavy (non-hydrogen) atoms. The minimum Gasteiger partial charge on any atom is -0.328 e. The van der Waals surface area contributed by atoms with Crippen LogP contribution in [0, 0.1) is 0 Å². The molecular formula is C19H19ClN2O4S. The molecule has 1 saturated heterocycles.